The molecule has 2 aromatic rings. The predicted octanol–water partition coefficient (Wildman–Crippen LogP) is 2.06. The quantitative estimate of drug-likeness (QED) is 0.881. The standard InChI is InChI=1S/C14H17N3O2/c1-4-9-5-6-11(19-3)10(7-9)12-8(2)16-14(17-12)13(15)18/h5-7H,4H2,1-3H3,(H2,15,18)(H,16,17). The van der Waals surface area contributed by atoms with Crippen LogP contribution in [-0.2, 0) is 6.42 Å². The fourth-order valence-corrected chi connectivity index (χ4v) is 2.00. The molecular formula is C14H17N3O2. The van der Waals surface area contributed by atoms with Crippen molar-refractivity contribution in [3.63, 3.8) is 0 Å². The summed E-state index contributed by atoms with van der Waals surface area (Å²) in [5, 5.41) is 0. The Balaban J connectivity index is 2.59. The van der Waals surface area contributed by atoms with E-state index in [1.54, 1.807) is 7.11 Å². The summed E-state index contributed by atoms with van der Waals surface area (Å²) in [4.78, 5) is 18.3. The minimum atomic E-state index is -0.569. The second-order valence-corrected chi connectivity index (χ2v) is 4.31. The molecule has 0 aliphatic heterocycles. The normalized spacial score (nSPS) is 10.5. The van der Waals surface area contributed by atoms with Crippen LogP contribution in [0.25, 0.3) is 11.3 Å². The molecule has 19 heavy (non-hydrogen) atoms. The number of hydrogen-bond donors (Lipinski definition) is 2. The van der Waals surface area contributed by atoms with E-state index in [0.29, 0.717) is 5.69 Å². The lowest BCUT2D eigenvalue weighted by atomic mass is 10.0. The van der Waals surface area contributed by atoms with Crippen molar-refractivity contribution in [2.24, 2.45) is 5.73 Å². The number of carbonyl (C=O) groups excluding carboxylic acids is 1. The number of ether oxygens (including phenoxy) is 1. The maximum absolute atomic E-state index is 11.2. The average molecular weight is 259 g/mol. The first-order valence-electron chi connectivity index (χ1n) is 6.10. The van der Waals surface area contributed by atoms with Gasteiger partial charge in [-0.3, -0.25) is 4.79 Å². The molecule has 1 amide bonds. The highest BCUT2D eigenvalue weighted by molar-refractivity contribution is 5.90. The van der Waals surface area contributed by atoms with Crippen molar-refractivity contribution in [2.75, 3.05) is 7.11 Å². The van der Waals surface area contributed by atoms with Gasteiger partial charge in [-0.15, -0.1) is 0 Å². The van der Waals surface area contributed by atoms with Gasteiger partial charge < -0.3 is 15.5 Å². The maximum atomic E-state index is 11.2. The molecule has 0 aliphatic rings. The molecule has 100 valence electrons. The summed E-state index contributed by atoms with van der Waals surface area (Å²) in [6.07, 6.45) is 0.920. The molecule has 1 aromatic heterocycles. The second-order valence-electron chi connectivity index (χ2n) is 4.31. The topological polar surface area (TPSA) is 81.0 Å². The van der Waals surface area contributed by atoms with Gasteiger partial charge in [0.05, 0.1) is 12.8 Å². The monoisotopic (exact) mass is 259 g/mol. The van der Waals surface area contributed by atoms with Gasteiger partial charge in [0.1, 0.15) is 5.75 Å². The predicted molar refractivity (Wildman–Crippen MR) is 73.2 cm³/mol. The first-order chi connectivity index (χ1) is 9.06. The first-order valence-corrected chi connectivity index (χ1v) is 6.10. The van der Waals surface area contributed by atoms with Crippen LogP contribution in [0.1, 0.15) is 28.8 Å². The molecule has 5 heteroatoms. The van der Waals surface area contributed by atoms with Gasteiger partial charge in [-0.2, -0.15) is 0 Å². The Morgan fingerprint density at radius 3 is 2.74 bits per heavy atom. The molecule has 0 unspecified atom stereocenters. The van der Waals surface area contributed by atoms with Gasteiger partial charge in [0.2, 0.25) is 0 Å². The Kier molecular flexibility index (Phi) is 3.55. The van der Waals surface area contributed by atoms with Crippen LogP contribution in [0.15, 0.2) is 18.2 Å². The molecule has 0 aliphatic carbocycles. The number of imidazole rings is 1. The van der Waals surface area contributed by atoms with Crippen LogP contribution in [-0.4, -0.2) is 23.0 Å². The van der Waals surface area contributed by atoms with Gasteiger partial charge in [-0.25, -0.2) is 4.98 Å². The number of carbonyl (C=O) groups is 1. The van der Waals surface area contributed by atoms with Crippen LogP contribution in [0.3, 0.4) is 0 Å². The van der Waals surface area contributed by atoms with Crippen molar-refractivity contribution in [3.8, 4) is 17.0 Å². The Morgan fingerprint density at radius 1 is 1.47 bits per heavy atom. The number of rotatable bonds is 4. The highest BCUT2D eigenvalue weighted by Gasteiger charge is 2.16. The van der Waals surface area contributed by atoms with Crippen molar-refractivity contribution in [1.29, 1.82) is 0 Å². The number of nitrogens with zero attached hydrogens (tertiary/aromatic N) is 1. The molecule has 0 saturated carbocycles. The third kappa shape index (κ3) is 2.45. The van der Waals surface area contributed by atoms with E-state index in [1.165, 1.54) is 5.56 Å². The molecule has 1 aromatic carbocycles. The first kappa shape index (κ1) is 13.1. The van der Waals surface area contributed by atoms with E-state index in [1.807, 2.05) is 25.1 Å². The third-order valence-corrected chi connectivity index (χ3v) is 3.05. The minimum Gasteiger partial charge on any atom is -0.496 e. The van der Waals surface area contributed by atoms with Crippen molar-refractivity contribution in [2.45, 2.75) is 20.3 Å². The second kappa shape index (κ2) is 5.14. The summed E-state index contributed by atoms with van der Waals surface area (Å²) < 4.78 is 5.35. The van der Waals surface area contributed by atoms with Gasteiger partial charge >= 0.3 is 0 Å². The van der Waals surface area contributed by atoms with Gasteiger partial charge in [-0.05, 0) is 31.0 Å². The highest BCUT2D eigenvalue weighted by atomic mass is 16.5. The van der Waals surface area contributed by atoms with Crippen molar-refractivity contribution in [1.82, 2.24) is 9.97 Å². The summed E-state index contributed by atoms with van der Waals surface area (Å²) in [6, 6.07) is 5.94. The van der Waals surface area contributed by atoms with Crippen molar-refractivity contribution >= 4 is 5.91 Å². The third-order valence-electron chi connectivity index (χ3n) is 3.05. The molecule has 0 radical (unpaired) electrons. The van der Waals surface area contributed by atoms with E-state index < -0.39 is 5.91 Å². The van der Waals surface area contributed by atoms with Gasteiger partial charge in [0.15, 0.2) is 5.82 Å². The molecule has 0 fully saturated rings. The Bertz CT molecular complexity index is 617. The summed E-state index contributed by atoms with van der Waals surface area (Å²) in [5.41, 5.74) is 8.77. The van der Waals surface area contributed by atoms with Crippen LogP contribution < -0.4 is 10.5 Å². The van der Waals surface area contributed by atoms with Crippen LogP contribution in [0.5, 0.6) is 5.75 Å². The lowest BCUT2D eigenvalue weighted by Gasteiger charge is -2.09. The number of aryl methyl sites for hydroxylation is 2. The van der Waals surface area contributed by atoms with Gasteiger partial charge in [0, 0.05) is 11.3 Å². The van der Waals surface area contributed by atoms with Crippen LogP contribution in [0.4, 0.5) is 0 Å². The number of hydrogen-bond acceptors (Lipinski definition) is 3. The van der Waals surface area contributed by atoms with E-state index in [0.717, 1.165) is 23.4 Å². The smallest absolute Gasteiger partial charge is 0.284 e. The number of methoxy groups -OCH3 is 1. The van der Waals surface area contributed by atoms with E-state index in [-0.39, 0.29) is 5.82 Å². The number of nitrogens with one attached hydrogen (secondary N) is 1. The van der Waals surface area contributed by atoms with Crippen molar-refractivity contribution in [3.05, 3.63) is 35.3 Å². The summed E-state index contributed by atoms with van der Waals surface area (Å²) in [5.74, 6) is 0.319. The molecule has 2 rings (SSSR count). The van der Waals surface area contributed by atoms with Gasteiger partial charge in [-0.1, -0.05) is 13.0 Å². The Morgan fingerprint density at radius 2 is 2.21 bits per heavy atom. The molecule has 0 spiro atoms. The number of amides is 1. The van der Waals surface area contributed by atoms with Crippen molar-refractivity contribution < 1.29 is 9.53 Å². The fraction of sp³-hybridized carbons (Fsp3) is 0.286. The SMILES string of the molecule is CCc1ccc(OC)c(-c2nc(C(N)=O)[nH]c2C)c1. The number of benzene rings is 1. The van der Waals surface area contributed by atoms with Crippen LogP contribution in [0.2, 0.25) is 0 Å². The average Bonchev–Trinajstić information content (AvgIpc) is 2.80. The zero-order valence-electron chi connectivity index (χ0n) is 11.3. The molecule has 3 N–H and O–H groups in total. The molecule has 1 heterocycles. The molecular weight excluding hydrogens is 242 g/mol. The lowest BCUT2D eigenvalue weighted by Crippen LogP contribution is -2.12. The van der Waals surface area contributed by atoms with Gasteiger partial charge in [0.25, 0.3) is 5.91 Å². The summed E-state index contributed by atoms with van der Waals surface area (Å²) in [6.45, 7) is 3.94. The number of aromatic amines is 1. The number of primary amides is 1. The zero-order valence-corrected chi connectivity index (χ0v) is 11.3. The zero-order chi connectivity index (χ0) is 14.0. The van der Waals surface area contributed by atoms with Crippen LogP contribution >= 0.6 is 0 Å². The molecule has 0 atom stereocenters. The molecule has 5 nitrogen and oxygen atoms in total. The minimum absolute atomic E-state index is 0.163. The van der Waals surface area contributed by atoms with E-state index >= 15 is 0 Å². The Labute approximate surface area is 111 Å². The fourth-order valence-electron chi connectivity index (χ4n) is 2.00. The molecule has 0 bridgehead atoms. The summed E-state index contributed by atoms with van der Waals surface area (Å²) in [7, 11) is 1.61. The number of nitrogens with two attached hydrogens (primary N) is 1. The number of H-pyrrole nitrogens is 1. The maximum Gasteiger partial charge on any atom is 0.284 e. The largest absolute Gasteiger partial charge is 0.496 e. The van der Waals surface area contributed by atoms with E-state index in [4.69, 9.17) is 10.5 Å². The van der Waals surface area contributed by atoms with Crippen LogP contribution in [0, 0.1) is 6.92 Å². The highest BCUT2D eigenvalue weighted by Crippen LogP contribution is 2.31. The number of aromatic nitrogens is 2. The van der Waals surface area contributed by atoms with E-state index in [2.05, 4.69) is 16.9 Å². The Hall–Kier alpha value is -2.30. The lowest BCUT2D eigenvalue weighted by molar-refractivity contribution is 0.0991. The van der Waals surface area contributed by atoms with E-state index in [9.17, 15) is 4.79 Å². The summed E-state index contributed by atoms with van der Waals surface area (Å²) >= 11 is 0. The molecule has 0 saturated heterocycles.